The smallest absolute Gasteiger partial charge is 0.417 e. The lowest BCUT2D eigenvalue weighted by Gasteiger charge is -2.12. The second-order valence-electron chi connectivity index (χ2n) is 4.09. The van der Waals surface area contributed by atoms with E-state index in [-0.39, 0.29) is 0 Å². The van der Waals surface area contributed by atoms with Crippen LogP contribution in [0, 0.1) is 0 Å². The molecule has 0 spiro atoms. The molecule has 0 radical (unpaired) electrons. The van der Waals surface area contributed by atoms with Gasteiger partial charge in [-0.3, -0.25) is 5.32 Å². The van der Waals surface area contributed by atoms with E-state index < -0.39 is 6.09 Å². The molecule has 0 saturated carbocycles. The zero-order chi connectivity index (χ0) is 15.1. The minimum Gasteiger partial charge on any atom is -0.495 e. The van der Waals surface area contributed by atoms with E-state index >= 15 is 0 Å². The van der Waals surface area contributed by atoms with Crippen molar-refractivity contribution in [1.82, 2.24) is 0 Å². The Labute approximate surface area is 123 Å². The highest BCUT2D eigenvalue weighted by molar-refractivity contribution is 5.88. The Morgan fingerprint density at radius 2 is 1.62 bits per heavy atom. The topological polar surface area (TPSA) is 56.8 Å². The number of para-hydroxylation sites is 4. The van der Waals surface area contributed by atoms with Crippen LogP contribution in [0.15, 0.2) is 48.5 Å². The Balaban J connectivity index is 2.08. The minimum absolute atomic E-state index is 0.367. The second-order valence-corrected chi connectivity index (χ2v) is 4.09. The summed E-state index contributed by atoms with van der Waals surface area (Å²) in [5.41, 5.74) is 0.541. The molecule has 5 nitrogen and oxygen atoms in total. The van der Waals surface area contributed by atoms with Gasteiger partial charge < -0.3 is 14.2 Å². The SMILES string of the molecule is CCOc1ccccc1OC(=O)Nc1ccccc1OC. The molecule has 1 amide bonds. The molecular formula is C16H17NO4. The number of ether oxygens (including phenoxy) is 3. The standard InChI is InChI=1S/C16H17NO4/c1-3-20-14-10-6-7-11-15(14)21-16(18)17-12-8-4-5-9-13(12)19-2/h4-11H,3H2,1-2H3,(H,17,18). The van der Waals surface area contributed by atoms with E-state index in [0.717, 1.165) is 0 Å². The van der Waals surface area contributed by atoms with E-state index in [4.69, 9.17) is 14.2 Å². The van der Waals surface area contributed by atoms with Gasteiger partial charge in [0.05, 0.1) is 19.4 Å². The van der Waals surface area contributed by atoms with Gasteiger partial charge in [0, 0.05) is 0 Å². The molecule has 0 heterocycles. The van der Waals surface area contributed by atoms with Crippen LogP contribution in [0.25, 0.3) is 0 Å². The van der Waals surface area contributed by atoms with Gasteiger partial charge in [0.1, 0.15) is 5.75 Å². The molecule has 21 heavy (non-hydrogen) atoms. The van der Waals surface area contributed by atoms with Gasteiger partial charge in [-0.2, -0.15) is 0 Å². The number of amides is 1. The van der Waals surface area contributed by atoms with Gasteiger partial charge >= 0.3 is 6.09 Å². The quantitative estimate of drug-likeness (QED) is 0.911. The van der Waals surface area contributed by atoms with E-state index in [0.29, 0.717) is 29.5 Å². The van der Waals surface area contributed by atoms with Crippen molar-refractivity contribution in [3.8, 4) is 17.2 Å². The first kappa shape index (κ1) is 14.7. The molecule has 5 heteroatoms. The molecule has 0 aliphatic carbocycles. The van der Waals surface area contributed by atoms with Crippen molar-refractivity contribution < 1.29 is 19.0 Å². The first-order valence-corrected chi connectivity index (χ1v) is 6.58. The van der Waals surface area contributed by atoms with Crippen molar-refractivity contribution in [2.24, 2.45) is 0 Å². The van der Waals surface area contributed by atoms with Gasteiger partial charge in [-0.25, -0.2) is 4.79 Å². The van der Waals surface area contributed by atoms with Crippen LogP contribution >= 0.6 is 0 Å². The maximum absolute atomic E-state index is 12.0. The summed E-state index contributed by atoms with van der Waals surface area (Å²) >= 11 is 0. The molecule has 0 aliphatic rings. The average molecular weight is 287 g/mol. The number of rotatable bonds is 5. The fourth-order valence-corrected chi connectivity index (χ4v) is 1.79. The van der Waals surface area contributed by atoms with Crippen LogP contribution in [0.2, 0.25) is 0 Å². The Morgan fingerprint density at radius 1 is 1.00 bits per heavy atom. The van der Waals surface area contributed by atoms with Crippen molar-refractivity contribution in [3.05, 3.63) is 48.5 Å². The van der Waals surface area contributed by atoms with Crippen LogP contribution in [0.1, 0.15) is 6.92 Å². The van der Waals surface area contributed by atoms with E-state index in [2.05, 4.69) is 5.32 Å². The highest BCUT2D eigenvalue weighted by atomic mass is 16.6. The Morgan fingerprint density at radius 3 is 2.29 bits per heavy atom. The average Bonchev–Trinajstić information content (AvgIpc) is 2.50. The molecule has 0 unspecified atom stereocenters. The van der Waals surface area contributed by atoms with E-state index in [1.54, 1.807) is 36.4 Å². The van der Waals surface area contributed by atoms with Crippen molar-refractivity contribution in [2.75, 3.05) is 19.0 Å². The first-order valence-electron chi connectivity index (χ1n) is 6.58. The molecule has 2 aromatic rings. The zero-order valence-electron chi connectivity index (χ0n) is 12.0. The zero-order valence-corrected chi connectivity index (χ0v) is 12.0. The summed E-state index contributed by atoms with van der Waals surface area (Å²) in [6.07, 6.45) is -0.605. The van der Waals surface area contributed by atoms with Crippen LogP contribution in [-0.2, 0) is 0 Å². The van der Waals surface area contributed by atoms with Crippen LogP contribution < -0.4 is 19.5 Å². The maximum Gasteiger partial charge on any atom is 0.417 e. The maximum atomic E-state index is 12.0. The van der Waals surface area contributed by atoms with Crippen LogP contribution in [0.3, 0.4) is 0 Å². The van der Waals surface area contributed by atoms with Crippen LogP contribution in [-0.4, -0.2) is 19.8 Å². The number of methoxy groups -OCH3 is 1. The Bertz CT molecular complexity index is 613. The van der Waals surface area contributed by atoms with Gasteiger partial charge in [-0.15, -0.1) is 0 Å². The van der Waals surface area contributed by atoms with E-state index in [1.807, 2.05) is 19.1 Å². The highest BCUT2D eigenvalue weighted by Gasteiger charge is 2.11. The lowest BCUT2D eigenvalue weighted by molar-refractivity contribution is 0.211. The number of benzene rings is 2. The number of nitrogens with one attached hydrogen (secondary N) is 1. The third-order valence-electron chi connectivity index (χ3n) is 2.70. The van der Waals surface area contributed by atoms with Crippen molar-refractivity contribution in [3.63, 3.8) is 0 Å². The van der Waals surface area contributed by atoms with Gasteiger partial charge in [0.15, 0.2) is 11.5 Å². The van der Waals surface area contributed by atoms with Gasteiger partial charge in [-0.1, -0.05) is 24.3 Å². The largest absolute Gasteiger partial charge is 0.495 e. The molecule has 0 bridgehead atoms. The summed E-state index contributed by atoms with van der Waals surface area (Å²) in [5.74, 6) is 1.45. The molecular weight excluding hydrogens is 270 g/mol. The summed E-state index contributed by atoms with van der Waals surface area (Å²) in [6, 6.07) is 14.1. The predicted octanol–water partition coefficient (Wildman–Crippen LogP) is 3.70. The summed E-state index contributed by atoms with van der Waals surface area (Å²) < 4.78 is 15.8. The van der Waals surface area contributed by atoms with Gasteiger partial charge in [0.2, 0.25) is 0 Å². The molecule has 0 aromatic heterocycles. The first-order chi connectivity index (χ1) is 10.2. The van der Waals surface area contributed by atoms with E-state index in [9.17, 15) is 4.79 Å². The predicted molar refractivity (Wildman–Crippen MR) is 80.3 cm³/mol. The molecule has 2 rings (SSSR count). The van der Waals surface area contributed by atoms with Crippen molar-refractivity contribution in [1.29, 1.82) is 0 Å². The molecule has 110 valence electrons. The number of carbonyl (C=O) groups is 1. The molecule has 0 atom stereocenters. The molecule has 2 aromatic carbocycles. The Hall–Kier alpha value is -2.69. The minimum atomic E-state index is -0.605. The molecule has 0 saturated heterocycles. The number of carbonyl (C=O) groups excluding carboxylic acids is 1. The van der Waals surface area contributed by atoms with E-state index in [1.165, 1.54) is 7.11 Å². The number of hydrogen-bond donors (Lipinski definition) is 1. The molecule has 0 fully saturated rings. The van der Waals surface area contributed by atoms with Crippen LogP contribution in [0.4, 0.5) is 10.5 Å². The second kappa shape index (κ2) is 7.19. The fourth-order valence-electron chi connectivity index (χ4n) is 1.79. The summed E-state index contributed by atoms with van der Waals surface area (Å²) in [4.78, 5) is 12.0. The highest BCUT2D eigenvalue weighted by Crippen LogP contribution is 2.28. The molecule has 0 aliphatic heterocycles. The monoisotopic (exact) mass is 287 g/mol. The molecule has 1 N–H and O–H groups in total. The Kier molecular flexibility index (Phi) is 5.04. The number of hydrogen-bond acceptors (Lipinski definition) is 4. The summed E-state index contributed by atoms with van der Waals surface area (Å²) in [7, 11) is 1.54. The normalized spacial score (nSPS) is 9.81. The lowest BCUT2D eigenvalue weighted by Crippen LogP contribution is -2.17. The van der Waals surface area contributed by atoms with Crippen LogP contribution in [0.5, 0.6) is 17.2 Å². The third-order valence-corrected chi connectivity index (χ3v) is 2.70. The van der Waals surface area contributed by atoms with Crippen molar-refractivity contribution >= 4 is 11.8 Å². The fraction of sp³-hybridized carbons (Fsp3) is 0.188. The van der Waals surface area contributed by atoms with Gasteiger partial charge in [0.25, 0.3) is 0 Å². The number of anilines is 1. The van der Waals surface area contributed by atoms with Gasteiger partial charge in [-0.05, 0) is 31.2 Å². The third kappa shape index (κ3) is 3.89. The van der Waals surface area contributed by atoms with Crippen molar-refractivity contribution in [2.45, 2.75) is 6.92 Å². The summed E-state index contributed by atoms with van der Waals surface area (Å²) in [6.45, 7) is 2.36. The summed E-state index contributed by atoms with van der Waals surface area (Å²) in [5, 5.41) is 2.64. The lowest BCUT2D eigenvalue weighted by atomic mass is 10.3.